The molecule has 166 valence electrons. The van der Waals surface area contributed by atoms with E-state index in [1.807, 2.05) is 42.9 Å². The Balaban J connectivity index is 1.54. The summed E-state index contributed by atoms with van der Waals surface area (Å²) in [5, 5.41) is 3.20. The molecule has 5 nitrogen and oxygen atoms in total. The first-order valence-electron chi connectivity index (χ1n) is 11.6. The van der Waals surface area contributed by atoms with Gasteiger partial charge in [0.25, 0.3) is 0 Å². The van der Waals surface area contributed by atoms with Gasteiger partial charge in [-0.1, -0.05) is 37.3 Å². The van der Waals surface area contributed by atoms with Crippen LogP contribution in [-0.4, -0.2) is 40.4 Å². The van der Waals surface area contributed by atoms with Gasteiger partial charge in [0.15, 0.2) is 0 Å². The maximum absolute atomic E-state index is 13.4. The van der Waals surface area contributed by atoms with Gasteiger partial charge in [-0.3, -0.25) is 19.7 Å². The molecule has 1 saturated heterocycles. The number of benzene rings is 1. The van der Waals surface area contributed by atoms with E-state index in [-0.39, 0.29) is 5.91 Å². The summed E-state index contributed by atoms with van der Waals surface area (Å²) in [7, 11) is 0. The number of carbonyl (C=O) groups is 1. The van der Waals surface area contributed by atoms with Crippen molar-refractivity contribution in [3.63, 3.8) is 0 Å². The molecule has 1 aliphatic heterocycles. The Morgan fingerprint density at radius 3 is 2.53 bits per heavy atom. The Bertz CT molecular complexity index is 991. The lowest BCUT2D eigenvalue weighted by Gasteiger charge is -2.42. The van der Waals surface area contributed by atoms with Gasteiger partial charge >= 0.3 is 0 Å². The van der Waals surface area contributed by atoms with Crippen LogP contribution in [0.15, 0.2) is 73.2 Å². The summed E-state index contributed by atoms with van der Waals surface area (Å²) in [6, 6.07) is 18.7. The topological polar surface area (TPSA) is 58.1 Å². The normalized spacial score (nSPS) is 18.9. The van der Waals surface area contributed by atoms with E-state index < -0.39 is 5.41 Å². The molecule has 0 aliphatic carbocycles. The number of hydrogen-bond donors (Lipinski definition) is 1. The number of rotatable bonds is 8. The van der Waals surface area contributed by atoms with Gasteiger partial charge in [0.1, 0.15) is 0 Å². The van der Waals surface area contributed by atoms with Crippen molar-refractivity contribution in [3.8, 4) is 11.1 Å². The minimum absolute atomic E-state index is 0.184. The first-order valence-corrected chi connectivity index (χ1v) is 11.6. The van der Waals surface area contributed by atoms with Gasteiger partial charge in [0, 0.05) is 38.2 Å². The average Bonchev–Trinajstić information content (AvgIpc) is 2.84. The van der Waals surface area contributed by atoms with Gasteiger partial charge in [0.05, 0.1) is 11.1 Å². The number of nitrogens with zero attached hydrogens (tertiary/aromatic N) is 3. The molecule has 0 spiro atoms. The first kappa shape index (κ1) is 22.2. The third-order valence-electron chi connectivity index (χ3n) is 6.30. The smallest absolute Gasteiger partial charge is 0.227 e. The van der Waals surface area contributed by atoms with Crippen molar-refractivity contribution in [2.24, 2.45) is 5.41 Å². The van der Waals surface area contributed by atoms with Crippen molar-refractivity contribution in [3.05, 3.63) is 84.4 Å². The molecule has 1 fully saturated rings. The molecule has 1 aromatic carbocycles. The van der Waals surface area contributed by atoms with E-state index in [0.717, 1.165) is 63.1 Å². The fraction of sp³-hybridized carbons (Fsp3) is 0.370. The molecule has 32 heavy (non-hydrogen) atoms. The van der Waals surface area contributed by atoms with E-state index in [4.69, 9.17) is 0 Å². The van der Waals surface area contributed by atoms with Crippen LogP contribution in [0.4, 0.5) is 0 Å². The van der Waals surface area contributed by atoms with Crippen LogP contribution < -0.4 is 5.32 Å². The third kappa shape index (κ3) is 5.40. The summed E-state index contributed by atoms with van der Waals surface area (Å²) in [5.41, 5.74) is 4.16. The van der Waals surface area contributed by atoms with Gasteiger partial charge < -0.3 is 5.32 Å². The molecule has 4 rings (SSSR count). The minimum atomic E-state index is -0.416. The lowest BCUT2D eigenvalue weighted by Crippen LogP contribution is -2.53. The van der Waals surface area contributed by atoms with Gasteiger partial charge in [-0.25, -0.2) is 0 Å². The van der Waals surface area contributed by atoms with Crippen molar-refractivity contribution < 1.29 is 4.79 Å². The van der Waals surface area contributed by atoms with Crippen LogP contribution in [0.25, 0.3) is 11.1 Å². The average molecular weight is 429 g/mol. The Morgan fingerprint density at radius 1 is 1.03 bits per heavy atom. The summed E-state index contributed by atoms with van der Waals surface area (Å²) in [5.74, 6) is 0.184. The first-order chi connectivity index (χ1) is 15.7. The van der Waals surface area contributed by atoms with Crippen LogP contribution in [0.2, 0.25) is 0 Å². The number of aromatic nitrogens is 2. The molecule has 1 amide bonds. The highest BCUT2D eigenvalue weighted by atomic mass is 16.2. The Morgan fingerprint density at radius 2 is 1.81 bits per heavy atom. The lowest BCUT2D eigenvalue weighted by molar-refractivity contribution is -0.134. The fourth-order valence-electron chi connectivity index (χ4n) is 4.67. The van der Waals surface area contributed by atoms with E-state index in [9.17, 15) is 4.79 Å². The Kier molecular flexibility index (Phi) is 7.28. The zero-order valence-corrected chi connectivity index (χ0v) is 18.8. The maximum Gasteiger partial charge on any atom is 0.227 e. The van der Waals surface area contributed by atoms with Gasteiger partial charge in [0.2, 0.25) is 5.91 Å². The Hall–Kier alpha value is -3.05. The second-order valence-corrected chi connectivity index (χ2v) is 8.78. The number of hydrogen-bond acceptors (Lipinski definition) is 4. The van der Waals surface area contributed by atoms with Crippen LogP contribution in [0.5, 0.6) is 0 Å². The van der Waals surface area contributed by atoms with Crippen molar-refractivity contribution >= 4 is 5.91 Å². The van der Waals surface area contributed by atoms with Gasteiger partial charge in [-0.05, 0) is 73.2 Å². The standard InChI is InChI=1S/C27H32N4O/c1-2-14-30-26(32)27(13-5-18-31(21-27)20-25-6-3-4-15-29-25)19-22-7-9-23(10-8-22)24-11-16-28-17-12-24/h3-4,6-12,15-17H,2,5,13-14,18-21H2,1H3,(H,30,32)/t27-/m0/s1. The number of piperidine rings is 1. The second-order valence-electron chi connectivity index (χ2n) is 8.78. The predicted octanol–water partition coefficient (Wildman–Crippen LogP) is 4.49. The largest absolute Gasteiger partial charge is 0.356 e. The summed E-state index contributed by atoms with van der Waals surface area (Å²) in [6.45, 7) is 5.36. The van der Waals surface area contributed by atoms with E-state index in [0.29, 0.717) is 0 Å². The molecular weight excluding hydrogens is 396 g/mol. The van der Waals surface area contributed by atoms with E-state index >= 15 is 0 Å². The zero-order valence-electron chi connectivity index (χ0n) is 18.8. The van der Waals surface area contributed by atoms with Crippen LogP contribution in [0.3, 0.4) is 0 Å². The molecule has 5 heteroatoms. The third-order valence-corrected chi connectivity index (χ3v) is 6.30. The summed E-state index contributed by atoms with van der Waals surface area (Å²) >= 11 is 0. The van der Waals surface area contributed by atoms with Crippen molar-refractivity contribution in [1.82, 2.24) is 20.2 Å². The predicted molar refractivity (Wildman–Crippen MR) is 128 cm³/mol. The highest BCUT2D eigenvalue weighted by Gasteiger charge is 2.42. The maximum atomic E-state index is 13.4. The second kappa shape index (κ2) is 10.5. The van der Waals surface area contributed by atoms with Crippen molar-refractivity contribution in [2.45, 2.75) is 39.2 Å². The van der Waals surface area contributed by atoms with E-state index in [1.165, 1.54) is 11.1 Å². The van der Waals surface area contributed by atoms with Crippen LogP contribution >= 0.6 is 0 Å². The van der Waals surface area contributed by atoms with Crippen LogP contribution in [0, 0.1) is 5.41 Å². The zero-order chi connectivity index (χ0) is 22.2. The molecule has 3 aromatic rings. The highest BCUT2D eigenvalue weighted by molar-refractivity contribution is 5.83. The number of amides is 1. The SMILES string of the molecule is CCCNC(=O)[C@]1(Cc2ccc(-c3ccncc3)cc2)CCCN(Cc2ccccn2)C1. The van der Waals surface area contributed by atoms with Gasteiger partial charge in [-0.2, -0.15) is 0 Å². The molecule has 1 atom stereocenters. The Labute approximate surface area is 190 Å². The number of pyridine rings is 2. The summed E-state index contributed by atoms with van der Waals surface area (Å²) < 4.78 is 0. The van der Waals surface area contributed by atoms with Crippen molar-refractivity contribution in [1.29, 1.82) is 0 Å². The summed E-state index contributed by atoms with van der Waals surface area (Å²) in [6.07, 6.45) is 9.08. The summed E-state index contributed by atoms with van der Waals surface area (Å²) in [4.78, 5) is 24.4. The molecule has 1 aliphatic rings. The van der Waals surface area contributed by atoms with E-state index in [2.05, 4.69) is 57.4 Å². The molecule has 3 heterocycles. The molecule has 2 aromatic heterocycles. The minimum Gasteiger partial charge on any atom is -0.356 e. The molecule has 0 bridgehead atoms. The molecule has 0 saturated carbocycles. The van der Waals surface area contributed by atoms with Crippen LogP contribution in [-0.2, 0) is 17.8 Å². The van der Waals surface area contributed by atoms with Crippen molar-refractivity contribution in [2.75, 3.05) is 19.6 Å². The molecule has 1 N–H and O–H groups in total. The monoisotopic (exact) mass is 428 g/mol. The molecular formula is C27H32N4O. The molecule has 0 unspecified atom stereocenters. The number of carbonyl (C=O) groups excluding carboxylic acids is 1. The van der Waals surface area contributed by atoms with Gasteiger partial charge in [-0.15, -0.1) is 0 Å². The quantitative estimate of drug-likeness (QED) is 0.574. The number of likely N-dealkylation sites (tertiary alicyclic amines) is 1. The van der Waals surface area contributed by atoms with Crippen LogP contribution in [0.1, 0.15) is 37.4 Å². The number of nitrogens with one attached hydrogen (secondary N) is 1. The van der Waals surface area contributed by atoms with E-state index in [1.54, 1.807) is 0 Å². The lowest BCUT2D eigenvalue weighted by atomic mass is 9.74. The molecule has 0 radical (unpaired) electrons. The highest BCUT2D eigenvalue weighted by Crippen LogP contribution is 2.35. The fourth-order valence-corrected chi connectivity index (χ4v) is 4.67.